The van der Waals surface area contributed by atoms with Crippen LogP contribution in [0.3, 0.4) is 0 Å². The molecule has 1 aromatic rings. The largest absolute Gasteiger partial charge is 0.496 e. The van der Waals surface area contributed by atoms with Gasteiger partial charge in [0.1, 0.15) is 15.6 Å². The number of ether oxygens (including phenoxy) is 1. The molecule has 0 radical (unpaired) electrons. The van der Waals surface area contributed by atoms with Gasteiger partial charge in [-0.05, 0) is 12.1 Å². The zero-order valence-corrected chi connectivity index (χ0v) is 14.7. The average Bonchev–Trinajstić information content (AvgIpc) is 2.48. The van der Waals surface area contributed by atoms with Crippen molar-refractivity contribution < 1.29 is 13.2 Å². The maximum absolute atomic E-state index is 11.2. The summed E-state index contributed by atoms with van der Waals surface area (Å²) in [6.45, 7) is 4.92. The van der Waals surface area contributed by atoms with E-state index < -0.39 is 9.84 Å². The Morgan fingerprint density at radius 3 is 2.41 bits per heavy atom. The maximum atomic E-state index is 11.2. The number of benzene rings is 1. The van der Waals surface area contributed by atoms with Crippen LogP contribution in [0.4, 0.5) is 0 Å². The summed E-state index contributed by atoms with van der Waals surface area (Å²) in [4.78, 5) is 4.52. The van der Waals surface area contributed by atoms with E-state index in [9.17, 15) is 8.42 Å². The number of piperazine rings is 1. The second-order valence-electron chi connectivity index (χ2n) is 5.67. The molecular weight excluding hydrogens is 324 g/mol. The van der Waals surface area contributed by atoms with Crippen LogP contribution >= 0.6 is 11.6 Å². The summed E-state index contributed by atoms with van der Waals surface area (Å²) in [5.41, 5.74) is 1.01. The monoisotopic (exact) mass is 346 g/mol. The molecule has 1 aliphatic rings. The van der Waals surface area contributed by atoms with E-state index in [1.54, 1.807) is 7.11 Å². The van der Waals surface area contributed by atoms with E-state index in [2.05, 4.69) is 9.80 Å². The van der Waals surface area contributed by atoms with E-state index in [1.807, 2.05) is 18.2 Å². The third-order valence-corrected chi connectivity index (χ3v) is 5.20. The minimum atomic E-state index is -2.89. The number of methoxy groups -OCH3 is 1. The van der Waals surface area contributed by atoms with Gasteiger partial charge in [-0.15, -0.1) is 0 Å². The molecule has 1 aromatic carbocycles. The van der Waals surface area contributed by atoms with Crippen molar-refractivity contribution in [1.82, 2.24) is 9.80 Å². The van der Waals surface area contributed by atoms with Gasteiger partial charge in [-0.2, -0.15) is 0 Å². The zero-order chi connectivity index (χ0) is 16.2. The Hall–Kier alpha value is -0.820. The van der Waals surface area contributed by atoms with Crippen LogP contribution in [0.2, 0.25) is 5.02 Å². The third kappa shape index (κ3) is 5.12. The van der Waals surface area contributed by atoms with Gasteiger partial charge >= 0.3 is 0 Å². The van der Waals surface area contributed by atoms with Gasteiger partial charge in [-0.3, -0.25) is 9.80 Å². The fourth-order valence-electron chi connectivity index (χ4n) is 2.57. The summed E-state index contributed by atoms with van der Waals surface area (Å²) in [5, 5.41) is 0.721. The normalized spacial score (nSPS) is 17.6. The first-order valence-electron chi connectivity index (χ1n) is 7.33. The molecule has 0 aromatic heterocycles. The molecule has 7 heteroatoms. The van der Waals surface area contributed by atoms with Crippen LogP contribution in [0.1, 0.15) is 5.56 Å². The summed E-state index contributed by atoms with van der Waals surface area (Å²) >= 11 is 6.27. The topological polar surface area (TPSA) is 49.9 Å². The lowest BCUT2D eigenvalue weighted by Crippen LogP contribution is -2.47. The minimum absolute atomic E-state index is 0.228. The number of sulfone groups is 1. The van der Waals surface area contributed by atoms with Crippen LogP contribution in [0, 0.1) is 0 Å². The van der Waals surface area contributed by atoms with Crippen LogP contribution in [-0.4, -0.2) is 70.1 Å². The summed E-state index contributed by atoms with van der Waals surface area (Å²) in [5.74, 6) is 1.04. The SMILES string of the molecule is COc1cccc(Cl)c1CN1CCN(CCS(C)(=O)=O)CC1. The molecule has 0 atom stereocenters. The predicted molar refractivity (Wildman–Crippen MR) is 89.4 cm³/mol. The van der Waals surface area contributed by atoms with Gasteiger partial charge in [0.15, 0.2) is 0 Å². The van der Waals surface area contributed by atoms with Crippen LogP contribution in [0.15, 0.2) is 18.2 Å². The Balaban J connectivity index is 1.88. The molecule has 0 N–H and O–H groups in total. The Kier molecular flexibility index (Phi) is 6.09. The highest BCUT2D eigenvalue weighted by Gasteiger charge is 2.20. The summed E-state index contributed by atoms with van der Waals surface area (Å²) in [7, 11) is -1.24. The fraction of sp³-hybridized carbons (Fsp3) is 0.600. The first-order chi connectivity index (χ1) is 10.4. The molecule has 0 aliphatic carbocycles. The van der Waals surface area contributed by atoms with Crippen molar-refractivity contribution in [1.29, 1.82) is 0 Å². The van der Waals surface area contributed by atoms with Crippen molar-refractivity contribution in [2.24, 2.45) is 0 Å². The second-order valence-corrected chi connectivity index (χ2v) is 8.34. The van der Waals surface area contributed by atoms with Gasteiger partial charge in [0.2, 0.25) is 0 Å². The maximum Gasteiger partial charge on any atom is 0.148 e. The molecule has 1 aliphatic heterocycles. The van der Waals surface area contributed by atoms with Crippen LogP contribution in [0.25, 0.3) is 0 Å². The lowest BCUT2D eigenvalue weighted by molar-refractivity contribution is 0.131. The van der Waals surface area contributed by atoms with Crippen molar-refractivity contribution in [2.45, 2.75) is 6.54 Å². The van der Waals surface area contributed by atoms with E-state index in [-0.39, 0.29) is 5.75 Å². The van der Waals surface area contributed by atoms with Crippen molar-refractivity contribution in [3.05, 3.63) is 28.8 Å². The zero-order valence-electron chi connectivity index (χ0n) is 13.1. The molecule has 22 heavy (non-hydrogen) atoms. The molecule has 1 saturated heterocycles. The number of hydrogen-bond donors (Lipinski definition) is 0. The Morgan fingerprint density at radius 1 is 1.18 bits per heavy atom. The standard InChI is InChI=1S/C15H23ClN2O3S/c1-21-15-5-3-4-14(16)13(15)12-18-8-6-17(7-9-18)10-11-22(2,19)20/h3-5H,6-12H2,1-2H3. The average molecular weight is 347 g/mol. The van der Waals surface area contributed by atoms with E-state index >= 15 is 0 Å². The van der Waals surface area contributed by atoms with E-state index in [0.717, 1.165) is 49.1 Å². The van der Waals surface area contributed by atoms with Gasteiger partial charge in [0, 0.05) is 56.1 Å². The number of halogens is 1. The quantitative estimate of drug-likeness (QED) is 0.781. The van der Waals surface area contributed by atoms with Crippen molar-refractivity contribution in [3.8, 4) is 5.75 Å². The Bertz CT molecular complexity index is 599. The smallest absolute Gasteiger partial charge is 0.148 e. The summed E-state index contributed by atoms with van der Waals surface area (Å²) in [6.07, 6.45) is 1.28. The molecule has 0 amide bonds. The molecule has 0 unspecified atom stereocenters. The van der Waals surface area contributed by atoms with E-state index in [0.29, 0.717) is 6.54 Å². The van der Waals surface area contributed by atoms with Crippen molar-refractivity contribution >= 4 is 21.4 Å². The predicted octanol–water partition coefficient (Wildman–Crippen LogP) is 1.51. The third-order valence-electron chi connectivity index (χ3n) is 3.92. The first kappa shape index (κ1) is 17.5. The van der Waals surface area contributed by atoms with Crippen LogP contribution < -0.4 is 4.74 Å². The van der Waals surface area contributed by atoms with Crippen molar-refractivity contribution in [3.63, 3.8) is 0 Å². The molecule has 1 fully saturated rings. The first-order valence-corrected chi connectivity index (χ1v) is 9.77. The highest BCUT2D eigenvalue weighted by Crippen LogP contribution is 2.27. The molecule has 124 valence electrons. The summed E-state index contributed by atoms with van der Waals surface area (Å²) in [6, 6.07) is 5.68. The Labute approximate surface area is 137 Å². The number of nitrogens with zero attached hydrogens (tertiary/aromatic N) is 2. The lowest BCUT2D eigenvalue weighted by atomic mass is 10.1. The van der Waals surface area contributed by atoms with Gasteiger partial charge in [0.25, 0.3) is 0 Å². The van der Waals surface area contributed by atoms with E-state index in [1.165, 1.54) is 6.26 Å². The van der Waals surface area contributed by atoms with Crippen molar-refractivity contribution in [2.75, 3.05) is 51.8 Å². The van der Waals surface area contributed by atoms with Gasteiger partial charge in [-0.1, -0.05) is 17.7 Å². The summed E-state index contributed by atoms with van der Waals surface area (Å²) < 4.78 is 27.8. The second kappa shape index (κ2) is 7.64. The van der Waals surface area contributed by atoms with Crippen LogP contribution in [0.5, 0.6) is 5.75 Å². The van der Waals surface area contributed by atoms with E-state index in [4.69, 9.17) is 16.3 Å². The molecule has 0 saturated carbocycles. The van der Waals surface area contributed by atoms with Gasteiger partial charge < -0.3 is 4.74 Å². The Morgan fingerprint density at radius 2 is 1.82 bits per heavy atom. The minimum Gasteiger partial charge on any atom is -0.496 e. The fourth-order valence-corrected chi connectivity index (χ4v) is 3.39. The molecule has 0 spiro atoms. The molecule has 5 nitrogen and oxygen atoms in total. The molecule has 1 heterocycles. The highest BCUT2D eigenvalue weighted by molar-refractivity contribution is 7.90. The van der Waals surface area contributed by atoms with Crippen LogP contribution in [-0.2, 0) is 16.4 Å². The highest BCUT2D eigenvalue weighted by atomic mass is 35.5. The lowest BCUT2D eigenvalue weighted by Gasteiger charge is -2.34. The van der Waals surface area contributed by atoms with Gasteiger partial charge in [-0.25, -0.2) is 8.42 Å². The molecule has 0 bridgehead atoms. The molecule has 2 rings (SSSR count). The van der Waals surface area contributed by atoms with Gasteiger partial charge in [0.05, 0.1) is 12.9 Å². The number of hydrogen-bond acceptors (Lipinski definition) is 5. The molecular formula is C15H23ClN2O3S. The number of rotatable bonds is 6.